The summed E-state index contributed by atoms with van der Waals surface area (Å²) in [6.45, 7) is 0. The number of hydrogen-bond donors (Lipinski definition) is 2. The Morgan fingerprint density at radius 2 is 2.14 bits per heavy atom. The third-order valence-electron chi connectivity index (χ3n) is 2.35. The Bertz CT molecular complexity index is 341. The Kier molecular flexibility index (Phi) is 1.85. The fraction of sp³-hybridized carbons (Fsp3) is 0.625. The molecule has 14 heavy (non-hydrogen) atoms. The molecule has 0 aromatic carbocycles. The summed E-state index contributed by atoms with van der Waals surface area (Å²) in [4.78, 5) is 0. The number of nitrogens with one attached hydrogen (secondary N) is 1. The van der Waals surface area contributed by atoms with E-state index >= 15 is 0 Å². The highest BCUT2D eigenvalue weighted by atomic mass is 19.4. The molecule has 2 N–H and O–H groups in total. The van der Waals surface area contributed by atoms with E-state index in [0.717, 1.165) is 6.20 Å². The van der Waals surface area contributed by atoms with Crippen molar-refractivity contribution < 1.29 is 18.3 Å². The highest BCUT2D eigenvalue weighted by molar-refractivity contribution is 5.23. The van der Waals surface area contributed by atoms with Crippen LogP contribution in [0.5, 0.6) is 0 Å². The quantitative estimate of drug-likeness (QED) is 0.770. The van der Waals surface area contributed by atoms with Crippen molar-refractivity contribution in [3.8, 4) is 0 Å². The number of aromatic nitrogens is 2. The lowest BCUT2D eigenvalue weighted by Gasteiger charge is -2.09. The molecule has 3 nitrogen and oxygen atoms in total. The van der Waals surface area contributed by atoms with Gasteiger partial charge in [-0.25, -0.2) is 0 Å². The average Bonchev–Trinajstić information content (AvgIpc) is 2.61. The minimum atomic E-state index is -4.42. The third-order valence-corrected chi connectivity index (χ3v) is 2.35. The summed E-state index contributed by atoms with van der Waals surface area (Å²) in [5.74, 6) is 0. The molecule has 6 heteroatoms. The molecular formula is C8H9F3N2O. The van der Waals surface area contributed by atoms with E-state index in [1.165, 1.54) is 0 Å². The van der Waals surface area contributed by atoms with Crippen LogP contribution in [0, 0.1) is 0 Å². The second-order valence-corrected chi connectivity index (χ2v) is 3.67. The van der Waals surface area contributed by atoms with Gasteiger partial charge in [-0.2, -0.15) is 18.3 Å². The molecular weight excluding hydrogens is 197 g/mol. The van der Waals surface area contributed by atoms with Gasteiger partial charge in [0.2, 0.25) is 0 Å². The molecule has 0 atom stereocenters. The van der Waals surface area contributed by atoms with E-state index in [0.29, 0.717) is 12.8 Å². The lowest BCUT2D eigenvalue weighted by Crippen LogP contribution is -2.15. The Morgan fingerprint density at radius 1 is 1.50 bits per heavy atom. The van der Waals surface area contributed by atoms with Crippen molar-refractivity contribution in [1.29, 1.82) is 0 Å². The van der Waals surface area contributed by atoms with Gasteiger partial charge in [-0.05, 0) is 12.8 Å². The molecule has 0 saturated heterocycles. The summed E-state index contributed by atoms with van der Waals surface area (Å²) in [6.07, 6.45) is -2.14. The van der Waals surface area contributed by atoms with Crippen molar-refractivity contribution in [3.63, 3.8) is 0 Å². The first-order valence-corrected chi connectivity index (χ1v) is 4.23. The zero-order valence-corrected chi connectivity index (χ0v) is 7.23. The van der Waals surface area contributed by atoms with E-state index in [1.807, 2.05) is 5.10 Å². The minimum absolute atomic E-state index is 0.0261. The van der Waals surface area contributed by atoms with Gasteiger partial charge in [-0.1, -0.05) is 0 Å². The highest BCUT2D eigenvalue weighted by Crippen LogP contribution is 2.40. The number of aliphatic hydroxyl groups is 1. The van der Waals surface area contributed by atoms with Crippen molar-refractivity contribution in [2.24, 2.45) is 0 Å². The van der Waals surface area contributed by atoms with Crippen LogP contribution in [-0.2, 0) is 12.6 Å². The van der Waals surface area contributed by atoms with Gasteiger partial charge < -0.3 is 5.11 Å². The van der Waals surface area contributed by atoms with Crippen LogP contribution in [0.1, 0.15) is 24.1 Å². The number of nitrogens with zero attached hydrogens (tertiary/aromatic N) is 1. The van der Waals surface area contributed by atoms with Gasteiger partial charge in [0.15, 0.2) is 0 Å². The van der Waals surface area contributed by atoms with E-state index < -0.39 is 17.5 Å². The second kappa shape index (κ2) is 2.73. The van der Waals surface area contributed by atoms with Gasteiger partial charge in [0.25, 0.3) is 0 Å². The SMILES string of the molecule is OC1(Cc2cn[nH]c2C(F)(F)F)CC1. The largest absolute Gasteiger partial charge is 0.433 e. The van der Waals surface area contributed by atoms with E-state index in [4.69, 9.17) is 0 Å². The normalized spacial score (nSPS) is 19.7. The van der Waals surface area contributed by atoms with Crippen LogP contribution >= 0.6 is 0 Å². The lowest BCUT2D eigenvalue weighted by atomic mass is 10.1. The number of rotatable bonds is 2. The number of alkyl halides is 3. The molecule has 0 unspecified atom stereocenters. The standard InChI is InChI=1S/C8H9F3N2O/c9-8(10,11)6-5(4-12-13-6)3-7(14)1-2-7/h4,14H,1-3H2,(H,12,13). The van der Waals surface area contributed by atoms with Crippen LogP contribution < -0.4 is 0 Å². The molecule has 1 saturated carbocycles. The number of aromatic amines is 1. The molecule has 1 aromatic rings. The summed E-state index contributed by atoms with van der Waals surface area (Å²) in [6, 6.07) is 0. The van der Waals surface area contributed by atoms with Crippen molar-refractivity contribution in [1.82, 2.24) is 10.2 Å². The molecule has 0 radical (unpaired) electrons. The predicted octanol–water partition coefficient (Wildman–Crippen LogP) is 1.50. The fourth-order valence-electron chi connectivity index (χ4n) is 1.37. The number of hydrogen-bond acceptors (Lipinski definition) is 2. The first-order valence-electron chi connectivity index (χ1n) is 4.23. The molecule has 0 amide bonds. The maximum absolute atomic E-state index is 12.3. The van der Waals surface area contributed by atoms with Gasteiger partial charge in [0.1, 0.15) is 5.69 Å². The Hall–Kier alpha value is -1.04. The smallest absolute Gasteiger partial charge is 0.390 e. The molecule has 2 rings (SSSR count). The Balaban J connectivity index is 2.21. The van der Waals surface area contributed by atoms with Crippen molar-refractivity contribution in [2.45, 2.75) is 31.0 Å². The topological polar surface area (TPSA) is 48.9 Å². The highest BCUT2D eigenvalue weighted by Gasteiger charge is 2.44. The van der Waals surface area contributed by atoms with Crippen LogP contribution in [0.2, 0.25) is 0 Å². The Labute approximate surface area is 77.9 Å². The minimum Gasteiger partial charge on any atom is -0.390 e. The lowest BCUT2D eigenvalue weighted by molar-refractivity contribution is -0.141. The number of halogens is 3. The molecule has 0 spiro atoms. The zero-order valence-electron chi connectivity index (χ0n) is 7.23. The molecule has 1 heterocycles. The van der Waals surface area contributed by atoms with E-state index in [-0.39, 0.29) is 12.0 Å². The fourth-order valence-corrected chi connectivity index (χ4v) is 1.37. The summed E-state index contributed by atoms with van der Waals surface area (Å²) in [5, 5.41) is 14.7. The molecule has 1 aliphatic carbocycles. The summed E-state index contributed by atoms with van der Waals surface area (Å²) in [7, 11) is 0. The first-order chi connectivity index (χ1) is 6.41. The van der Waals surface area contributed by atoms with E-state index in [9.17, 15) is 18.3 Å². The maximum Gasteiger partial charge on any atom is 0.433 e. The zero-order chi connectivity index (χ0) is 10.4. The predicted molar refractivity (Wildman–Crippen MR) is 41.5 cm³/mol. The second-order valence-electron chi connectivity index (χ2n) is 3.67. The molecule has 1 aromatic heterocycles. The molecule has 1 aliphatic rings. The van der Waals surface area contributed by atoms with Crippen molar-refractivity contribution in [3.05, 3.63) is 17.5 Å². The summed E-state index contributed by atoms with van der Waals surface area (Å²) < 4.78 is 37.0. The van der Waals surface area contributed by atoms with Crippen LogP contribution in [0.25, 0.3) is 0 Å². The summed E-state index contributed by atoms with van der Waals surface area (Å²) >= 11 is 0. The van der Waals surface area contributed by atoms with Gasteiger partial charge in [0.05, 0.1) is 11.8 Å². The van der Waals surface area contributed by atoms with E-state index in [1.54, 1.807) is 0 Å². The van der Waals surface area contributed by atoms with Crippen LogP contribution in [0.15, 0.2) is 6.20 Å². The average molecular weight is 206 g/mol. The number of H-pyrrole nitrogens is 1. The molecule has 1 fully saturated rings. The third kappa shape index (κ3) is 1.75. The molecule has 0 bridgehead atoms. The van der Waals surface area contributed by atoms with Gasteiger partial charge in [-0.15, -0.1) is 0 Å². The van der Waals surface area contributed by atoms with Crippen LogP contribution in [0.4, 0.5) is 13.2 Å². The first kappa shape index (κ1) is 9.51. The molecule has 0 aliphatic heterocycles. The Morgan fingerprint density at radius 3 is 2.64 bits per heavy atom. The summed E-state index contributed by atoms with van der Waals surface area (Å²) in [5.41, 5.74) is -1.74. The van der Waals surface area contributed by atoms with Crippen molar-refractivity contribution in [2.75, 3.05) is 0 Å². The van der Waals surface area contributed by atoms with Crippen LogP contribution in [-0.4, -0.2) is 20.9 Å². The monoisotopic (exact) mass is 206 g/mol. The van der Waals surface area contributed by atoms with Gasteiger partial charge in [-0.3, -0.25) is 5.10 Å². The van der Waals surface area contributed by atoms with Crippen LogP contribution in [0.3, 0.4) is 0 Å². The van der Waals surface area contributed by atoms with E-state index in [2.05, 4.69) is 5.10 Å². The van der Waals surface area contributed by atoms with Gasteiger partial charge in [0, 0.05) is 12.0 Å². The molecule has 78 valence electrons. The van der Waals surface area contributed by atoms with Crippen molar-refractivity contribution >= 4 is 0 Å². The van der Waals surface area contributed by atoms with Gasteiger partial charge >= 0.3 is 6.18 Å². The maximum atomic E-state index is 12.3.